The summed E-state index contributed by atoms with van der Waals surface area (Å²) in [7, 11) is 2.99. The van der Waals surface area contributed by atoms with Gasteiger partial charge in [-0.15, -0.1) is 0 Å². The Morgan fingerprint density at radius 3 is 2.62 bits per heavy atom. The average molecular weight is 354 g/mol. The molecule has 7 nitrogen and oxygen atoms in total. The molecule has 0 spiro atoms. The van der Waals surface area contributed by atoms with Crippen molar-refractivity contribution in [3.8, 4) is 11.8 Å². The maximum Gasteiger partial charge on any atom is 0.332 e. The lowest BCUT2D eigenvalue weighted by Gasteiger charge is -2.35. The van der Waals surface area contributed by atoms with Crippen LogP contribution in [0.4, 0.5) is 5.82 Å². The molecule has 0 bridgehead atoms. The first-order chi connectivity index (χ1) is 12.5. The fourth-order valence-corrected chi connectivity index (χ4v) is 3.43. The molecule has 1 aromatic heterocycles. The lowest BCUT2D eigenvalue weighted by Crippen LogP contribution is -2.46. The maximum atomic E-state index is 12.3. The zero-order valence-electron chi connectivity index (χ0n) is 15.0. The van der Waals surface area contributed by atoms with E-state index >= 15 is 0 Å². The number of ether oxygens (including phenoxy) is 1. The van der Waals surface area contributed by atoms with Crippen LogP contribution in [0.25, 0.3) is 0 Å². The Bertz CT molecular complexity index is 940. The van der Waals surface area contributed by atoms with Gasteiger partial charge in [-0.3, -0.25) is 13.9 Å². The van der Waals surface area contributed by atoms with Crippen molar-refractivity contribution in [2.75, 3.05) is 24.6 Å². The van der Waals surface area contributed by atoms with Crippen molar-refractivity contribution in [2.24, 2.45) is 20.0 Å². The molecule has 1 aliphatic rings. The Morgan fingerprint density at radius 1 is 1.19 bits per heavy atom. The molecule has 1 saturated heterocycles. The number of para-hydroxylation sites is 1. The van der Waals surface area contributed by atoms with Crippen LogP contribution in [0.2, 0.25) is 0 Å². The first kappa shape index (κ1) is 17.8. The summed E-state index contributed by atoms with van der Waals surface area (Å²) in [5, 5.41) is 9.46. The van der Waals surface area contributed by atoms with E-state index in [1.54, 1.807) is 7.05 Å². The van der Waals surface area contributed by atoms with Crippen LogP contribution in [0.15, 0.2) is 39.9 Å². The Morgan fingerprint density at radius 2 is 1.92 bits per heavy atom. The quantitative estimate of drug-likeness (QED) is 0.826. The first-order valence-electron chi connectivity index (χ1n) is 8.65. The van der Waals surface area contributed by atoms with Crippen molar-refractivity contribution < 1.29 is 4.74 Å². The maximum absolute atomic E-state index is 12.3. The van der Waals surface area contributed by atoms with Gasteiger partial charge in [0.15, 0.2) is 5.56 Å². The number of nitriles is 1. The minimum atomic E-state index is -0.548. The molecule has 136 valence electrons. The number of anilines is 1. The third-order valence-electron chi connectivity index (χ3n) is 4.79. The van der Waals surface area contributed by atoms with Crippen molar-refractivity contribution in [1.82, 2.24) is 9.13 Å². The Kier molecular flexibility index (Phi) is 5.12. The zero-order valence-corrected chi connectivity index (χ0v) is 15.0. The average Bonchev–Trinajstić information content (AvgIpc) is 2.68. The van der Waals surface area contributed by atoms with Gasteiger partial charge in [0.1, 0.15) is 17.6 Å². The molecule has 1 fully saturated rings. The van der Waals surface area contributed by atoms with Crippen molar-refractivity contribution in [3.63, 3.8) is 0 Å². The van der Waals surface area contributed by atoms with Gasteiger partial charge in [-0.1, -0.05) is 18.2 Å². The standard InChI is InChI=1S/C19H22N4O3/c1-21-17(16(11-20)18(24)22(2)19(21)25)23-10-6-7-14(12-23)13-26-15-8-4-3-5-9-15/h3-5,8-9,14H,6-7,10,12-13H2,1-2H3. The molecule has 1 aromatic carbocycles. The Balaban J connectivity index is 1.83. The molecule has 0 N–H and O–H groups in total. The predicted molar refractivity (Wildman–Crippen MR) is 98.5 cm³/mol. The van der Waals surface area contributed by atoms with Crippen LogP contribution in [-0.2, 0) is 14.1 Å². The summed E-state index contributed by atoms with van der Waals surface area (Å²) in [5.41, 5.74) is -0.959. The molecular formula is C19H22N4O3. The summed E-state index contributed by atoms with van der Waals surface area (Å²) in [6, 6.07) is 11.6. The molecule has 1 unspecified atom stereocenters. The van der Waals surface area contributed by atoms with E-state index < -0.39 is 11.2 Å². The number of nitrogens with zero attached hydrogens (tertiary/aromatic N) is 4. The zero-order chi connectivity index (χ0) is 18.7. The normalized spacial score (nSPS) is 17.0. The van der Waals surface area contributed by atoms with E-state index in [4.69, 9.17) is 4.74 Å². The lowest BCUT2D eigenvalue weighted by molar-refractivity contribution is 0.228. The van der Waals surface area contributed by atoms with Gasteiger partial charge in [0.2, 0.25) is 0 Å². The number of aromatic nitrogens is 2. The second kappa shape index (κ2) is 7.48. The first-order valence-corrected chi connectivity index (χ1v) is 8.65. The molecule has 0 radical (unpaired) electrons. The van der Waals surface area contributed by atoms with Gasteiger partial charge in [0.05, 0.1) is 6.61 Å². The molecule has 3 rings (SSSR count). The number of hydrogen-bond acceptors (Lipinski definition) is 5. The Labute approximate surface area is 151 Å². The fraction of sp³-hybridized carbons (Fsp3) is 0.421. The summed E-state index contributed by atoms with van der Waals surface area (Å²) in [6.45, 7) is 1.90. The molecule has 2 aromatic rings. The molecule has 0 amide bonds. The summed E-state index contributed by atoms with van der Waals surface area (Å²) in [5.74, 6) is 1.49. The van der Waals surface area contributed by atoms with Crippen LogP contribution in [0.5, 0.6) is 5.75 Å². The second-order valence-electron chi connectivity index (χ2n) is 6.59. The van der Waals surface area contributed by atoms with E-state index in [1.807, 2.05) is 41.3 Å². The molecule has 1 atom stereocenters. The SMILES string of the molecule is Cn1c(N2CCCC(COc3ccccc3)C2)c(C#N)c(=O)n(C)c1=O. The molecule has 0 aliphatic carbocycles. The van der Waals surface area contributed by atoms with Gasteiger partial charge in [0.25, 0.3) is 5.56 Å². The lowest BCUT2D eigenvalue weighted by atomic mass is 9.98. The van der Waals surface area contributed by atoms with Crippen LogP contribution in [0, 0.1) is 17.2 Å². The second-order valence-corrected chi connectivity index (χ2v) is 6.59. The minimum Gasteiger partial charge on any atom is -0.493 e. The third-order valence-corrected chi connectivity index (χ3v) is 4.79. The summed E-state index contributed by atoms with van der Waals surface area (Å²) in [6.07, 6.45) is 1.92. The van der Waals surface area contributed by atoms with Crippen molar-refractivity contribution in [2.45, 2.75) is 12.8 Å². The van der Waals surface area contributed by atoms with Gasteiger partial charge < -0.3 is 9.64 Å². The van der Waals surface area contributed by atoms with Gasteiger partial charge >= 0.3 is 5.69 Å². The highest BCUT2D eigenvalue weighted by Gasteiger charge is 2.26. The topological polar surface area (TPSA) is 80.3 Å². The van der Waals surface area contributed by atoms with E-state index in [2.05, 4.69) is 0 Å². The molecule has 7 heteroatoms. The number of piperidine rings is 1. The van der Waals surface area contributed by atoms with Crippen molar-refractivity contribution in [1.29, 1.82) is 5.26 Å². The molecule has 1 aliphatic heterocycles. The highest BCUT2D eigenvalue weighted by Crippen LogP contribution is 2.24. The van der Waals surface area contributed by atoms with Crippen LogP contribution < -0.4 is 20.9 Å². The number of rotatable bonds is 4. The van der Waals surface area contributed by atoms with E-state index in [-0.39, 0.29) is 11.5 Å². The monoisotopic (exact) mass is 354 g/mol. The van der Waals surface area contributed by atoms with Crippen molar-refractivity contribution in [3.05, 3.63) is 56.7 Å². The van der Waals surface area contributed by atoms with Gasteiger partial charge in [-0.25, -0.2) is 4.79 Å². The largest absolute Gasteiger partial charge is 0.493 e. The smallest absolute Gasteiger partial charge is 0.332 e. The minimum absolute atomic E-state index is 0.0132. The van der Waals surface area contributed by atoms with E-state index in [0.717, 1.165) is 23.2 Å². The van der Waals surface area contributed by atoms with Gasteiger partial charge in [-0.2, -0.15) is 5.26 Å². The van der Waals surface area contributed by atoms with E-state index in [9.17, 15) is 14.9 Å². The van der Waals surface area contributed by atoms with Crippen LogP contribution in [0.3, 0.4) is 0 Å². The van der Waals surface area contributed by atoms with Gasteiger partial charge in [0, 0.05) is 33.1 Å². The highest BCUT2D eigenvalue weighted by molar-refractivity contribution is 5.53. The predicted octanol–water partition coefficient (Wildman–Crippen LogP) is 1.25. The number of benzene rings is 1. The summed E-state index contributed by atoms with van der Waals surface area (Å²) < 4.78 is 8.22. The Hall–Kier alpha value is -3.01. The van der Waals surface area contributed by atoms with Crippen molar-refractivity contribution >= 4 is 5.82 Å². The van der Waals surface area contributed by atoms with Gasteiger partial charge in [-0.05, 0) is 25.0 Å². The molecule has 2 heterocycles. The summed E-state index contributed by atoms with van der Waals surface area (Å²) >= 11 is 0. The molecule has 26 heavy (non-hydrogen) atoms. The number of hydrogen-bond donors (Lipinski definition) is 0. The fourth-order valence-electron chi connectivity index (χ4n) is 3.43. The third kappa shape index (κ3) is 3.36. The van der Waals surface area contributed by atoms with E-state index in [0.29, 0.717) is 25.5 Å². The molecule has 0 saturated carbocycles. The van der Waals surface area contributed by atoms with E-state index in [1.165, 1.54) is 11.6 Å². The highest BCUT2D eigenvalue weighted by atomic mass is 16.5. The van der Waals surface area contributed by atoms with Crippen LogP contribution >= 0.6 is 0 Å². The van der Waals surface area contributed by atoms with Crippen LogP contribution in [0.1, 0.15) is 18.4 Å². The summed E-state index contributed by atoms with van der Waals surface area (Å²) in [4.78, 5) is 26.5. The molecular weight excluding hydrogens is 332 g/mol. The van der Waals surface area contributed by atoms with Crippen LogP contribution in [-0.4, -0.2) is 28.8 Å².